The minimum atomic E-state index is -0.117. The van der Waals surface area contributed by atoms with Crippen molar-refractivity contribution in [3.63, 3.8) is 0 Å². The summed E-state index contributed by atoms with van der Waals surface area (Å²) in [5.74, 6) is 0.0847. The second kappa shape index (κ2) is 7.42. The molecule has 0 aromatic heterocycles. The highest BCUT2D eigenvalue weighted by molar-refractivity contribution is 5.96. The van der Waals surface area contributed by atoms with Gasteiger partial charge in [0.1, 0.15) is 0 Å². The fourth-order valence-electron chi connectivity index (χ4n) is 3.12. The summed E-state index contributed by atoms with van der Waals surface area (Å²) in [6.45, 7) is 2.16. The number of nitrogens with one attached hydrogen (secondary N) is 2. The number of fused-ring (bicyclic) bond motifs is 1. The van der Waals surface area contributed by atoms with E-state index in [9.17, 15) is 4.79 Å². The zero-order valence-electron chi connectivity index (χ0n) is 13.6. The Morgan fingerprint density at radius 1 is 1.13 bits per heavy atom. The normalized spacial score (nSPS) is 18.7. The Balaban J connectivity index is 1.54. The predicted molar refractivity (Wildman–Crippen MR) is 94.5 cm³/mol. The van der Waals surface area contributed by atoms with E-state index in [0.717, 1.165) is 31.4 Å². The van der Waals surface area contributed by atoms with Gasteiger partial charge in [-0.3, -0.25) is 4.79 Å². The van der Waals surface area contributed by atoms with Gasteiger partial charge < -0.3 is 10.6 Å². The minimum absolute atomic E-state index is 0.0847. The lowest BCUT2D eigenvalue weighted by atomic mass is 10.0. The fraction of sp³-hybridized carbons (Fsp3) is 0.350. The van der Waals surface area contributed by atoms with Crippen LogP contribution >= 0.6 is 0 Å². The molecule has 3 nitrogen and oxygen atoms in total. The highest BCUT2D eigenvalue weighted by Gasteiger charge is 2.24. The number of hydrogen-bond acceptors (Lipinski definition) is 2. The average Bonchev–Trinajstić information content (AvgIpc) is 2.73. The van der Waals surface area contributed by atoms with Crippen molar-refractivity contribution >= 4 is 11.6 Å². The van der Waals surface area contributed by atoms with Crippen LogP contribution in [0, 0.1) is 0 Å². The van der Waals surface area contributed by atoms with E-state index in [0.29, 0.717) is 6.04 Å². The van der Waals surface area contributed by atoms with Crippen LogP contribution in [0.4, 0.5) is 5.69 Å². The molecule has 1 amide bonds. The monoisotopic (exact) mass is 308 g/mol. The molecule has 23 heavy (non-hydrogen) atoms. The summed E-state index contributed by atoms with van der Waals surface area (Å²) in [6, 6.07) is 18.8. The summed E-state index contributed by atoms with van der Waals surface area (Å²) >= 11 is 0. The standard InChI is InChI=1S/C20H24N2O/c1-15(11-12-16-7-3-2-4-8-16)21-19-14-13-17-9-5-6-10-18(17)22-20(19)23/h2-10,15,19,21H,11-14H2,1H3,(H,22,23)/t15-,19+/m1/s1. The van der Waals surface area contributed by atoms with Gasteiger partial charge in [0.15, 0.2) is 0 Å². The molecule has 3 rings (SSSR count). The summed E-state index contributed by atoms with van der Waals surface area (Å²) in [5, 5.41) is 6.55. The third kappa shape index (κ3) is 4.20. The molecular formula is C20H24N2O. The Hall–Kier alpha value is -2.13. The molecule has 0 saturated carbocycles. The molecule has 3 heteroatoms. The zero-order chi connectivity index (χ0) is 16.1. The molecule has 2 N–H and O–H groups in total. The zero-order valence-corrected chi connectivity index (χ0v) is 13.6. The van der Waals surface area contributed by atoms with Crippen LogP contribution in [0.15, 0.2) is 54.6 Å². The van der Waals surface area contributed by atoms with Gasteiger partial charge in [-0.2, -0.15) is 0 Å². The van der Waals surface area contributed by atoms with Gasteiger partial charge in [0, 0.05) is 11.7 Å². The van der Waals surface area contributed by atoms with Crippen LogP contribution in [0.3, 0.4) is 0 Å². The minimum Gasteiger partial charge on any atom is -0.324 e. The van der Waals surface area contributed by atoms with Crippen LogP contribution in [0.25, 0.3) is 0 Å². The van der Waals surface area contributed by atoms with Crippen molar-refractivity contribution < 1.29 is 4.79 Å². The Morgan fingerprint density at radius 2 is 1.87 bits per heavy atom. The first kappa shape index (κ1) is 15.8. The summed E-state index contributed by atoms with van der Waals surface area (Å²) < 4.78 is 0. The second-order valence-corrected chi connectivity index (χ2v) is 6.33. The molecule has 0 saturated heterocycles. The Morgan fingerprint density at radius 3 is 2.70 bits per heavy atom. The van der Waals surface area contributed by atoms with E-state index in [1.807, 2.05) is 24.3 Å². The molecule has 2 atom stereocenters. The van der Waals surface area contributed by atoms with Gasteiger partial charge in [-0.15, -0.1) is 0 Å². The van der Waals surface area contributed by atoms with Crippen molar-refractivity contribution in [1.82, 2.24) is 5.32 Å². The second-order valence-electron chi connectivity index (χ2n) is 6.33. The number of carbonyl (C=O) groups excluding carboxylic acids is 1. The van der Waals surface area contributed by atoms with Crippen LogP contribution < -0.4 is 10.6 Å². The van der Waals surface area contributed by atoms with Gasteiger partial charge in [0.05, 0.1) is 6.04 Å². The first-order valence-corrected chi connectivity index (χ1v) is 8.41. The molecule has 0 bridgehead atoms. The molecule has 2 aromatic carbocycles. The first-order valence-electron chi connectivity index (χ1n) is 8.41. The van der Waals surface area contributed by atoms with Crippen molar-refractivity contribution in [1.29, 1.82) is 0 Å². The summed E-state index contributed by atoms with van der Waals surface area (Å²) in [4.78, 5) is 12.4. The Bertz CT molecular complexity index is 654. The van der Waals surface area contributed by atoms with Gasteiger partial charge >= 0.3 is 0 Å². The van der Waals surface area contributed by atoms with Crippen molar-refractivity contribution in [2.45, 2.75) is 44.7 Å². The molecule has 0 fully saturated rings. The van der Waals surface area contributed by atoms with E-state index >= 15 is 0 Å². The Kier molecular flexibility index (Phi) is 5.09. The van der Waals surface area contributed by atoms with Crippen molar-refractivity contribution in [3.05, 3.63) is 65.7 Å². The third-order valence-corrected chi connectivity index (χ3v) is 4.49. The maximum Gasteiger partial charge on any atom is 0.241 e. The lowest BCUT2D eigenvalue weighted by Crippen LogP contribution is -2.44. The van der Waals surface area contributed by atoms with Crippen LogP contribution in [0.5, 0.6) is 0 Å². The highest BCUT2D eigenvalue weighted by atomic mass is 16.2. The van der Waals surface area contributed by atoms with Gasteiger partial charge in [0.25, 0.3) is 0 Å². The van der Waals surface area contributed by atoms with E-state index in [4.69, 9.17) is 0 Å². The summed E-state index contributed by atoms with van der Waals surface area (Å²) in [6.07, 6.45) is 3.83. The van der Waals surface area contributed by atoms with E-state index < -0.39 is 0 Å². The first-order chi connectivity index (χ1) is 11.2. The van der Waals surface area contributed by atoms with E-state index in [1.165, 1.54) is 11.1 Å². The van der Waals surface area contributed by atoms with Gasteiger partial charge in [-0.05, 0) is 49.8 Å². The fourth-order valence-corrected chi connectivity index (χ4v) is 3.12. The van der Waals surface area contributed by atoms with Crippen molar-refractivity contribution in [2.75, 3.05) is 5.32 Å². The Labute approximate surface area is 138 Å². The maximum atomic E-state index is 12.4. The topological polar surface area (TPSA) is 41.1 Å². The third-order valence-electron chi connectivity index (χ3n) is 4.49. The lowest BCUT2D eigenvalue weighted by molar-refractivity contribution is -0.118. The molecule has 120 valence electrons. The van der Waals surface area contributed by atoms with Gasteiger partial charge in [-0.1, -0.05) is 48.5 Å². The number of amides is 1. The molecule has 0 aliphatic carbocycles. The molecule has 1 heterocycles. The van der Waals surface area contributed by atoms with E-state index in [-0.39, 0.29) is 11.9 Å². The van der Waals surface area contributed by atoms with Crippen LogP contribution in [-0.2, 0) is 17.6 Å². The maximum absolute atomic E-state index is 12.4. The number of anilines is 1. The number of carbonyl (C=O) groups is 1. The molecule has 1 aliphatic rings. The quantitative estimate of drug-likeness (QED) is 0.887. The van der Waals surface area contributed by atoms with Crippen LogP contribution in [0.1, 0.15) is 30.9 Å². The number of para-hydroxylation sites is 1. The van der Waals surface area contributed by atoms with Crippen LogP contribution in [0.2, 0.25) is 0 Å². The lowest BCUT2D eigenvalue weighted by Gasteiger charge is -2.21. The van der Waals surface area contributed by atoms with E-state index in [2.05, 4.69) is 47.9 Å². The molecular weight excluding hydrogens is 284 g/mol. The molecule has 0 spiro atoms. The SMILES string of the molecule is C[C@H](CCc1ccccc1)N[C@H]1CCc2ccccc2NC1=O. The number of rotatable bonds is 5. The average molecular weight is 308 g/mol. The summed E-state index contributed by atoms with van der Waals surface area (Å²) in [5.41, 5.74) is 3.53. The smallest absolute Gasteiger partial charge is 0.241 e. The molecule has 0 unspecified atom stereocenters. The highest BCUT2D eigenvalue weighted by Crippen LogP contribution is 2.21. The number of benzene rings is 2. The summed E-state index contributed by atoms with van der Waals surface area (Å²) in [7, 11) is 0. The molecule has 1 aliphatic heterocycles. The predicted octanol–water partition coefficient (Wildman–Crippen LogP) is 3.55. The van der Waals surface area contributed by atoms with Crippen LogP contribution in [-0.4, -0.2) is 18.0 Å². The van der Waals surface area contributed by atoms with Gasteiger partial charge in [-0.25, -0.2) is 0 Å². The van der Waals surface area contributed by atoms with E-state index in [1.54, 1.807) is 0 Å². The number of hydrogen-bond donors (Lipinski definition) is 2. The molecule has 0 radical (unpaired) electrons. The van der Waals surface area contributed by atoms with Crippen molar-refractivity contribution in [3.8, 4) is 0 Å². The van der Waals surface area contributed by atoms with Crippen molar-refractivity contribution in [2.24, 2.45) is 0 Å². The molecule has 2 aromatic rings. The largest absolute Gasteiger partial charge is 0.324 e. The number of aryl methyl sites for hydroxylation is 2. The van der Waals surface area contributed by atoms with Gasteiger partial charge in [0.2, 0.25) is 5.91 Å².